The maximum atomic E-state index is 4.66. The fraction of sp³-hybridized carbons (Fsp3) is 0.688. The summed E-state index contributed by atoms with van der Waals surface area (Å²) in [7, 11) is 0. The molecule has 106 valence electrons. The summed E-state index contributed by atoms with van der Waals surface area (Å²) in [6.07, 6.45) is 3.24. The smallest absolute Gasteiger partial charge is 0.133 e. The number of piperidine rings is 1. The van der Waals surface area contributed by atoms with Crippen LogP contribution in [0.1, 0.15) is 39.7 Å². The number of nitrogens with one attached hydrogen (secondary N) is 1. The van der Waals surface area contributed by atoms with Gasteiger partial charge in [0.15, 0.2) is 0 Å². The van der Waals surface area contributed by atoms with E-state index in [2.05, 4.69) is 49.0 Å². The summed E-state index contributed by atoms with van der Waals surface area (Å²) in [4.78, 5) is 7.17. The molecule has 0 bridgehead atoms. The van der Waals surface area contributed by atoms with E-state index in [0.29, 0.717) is 6.04 Å². The molecule has 0 saturated carbocycles. The molecule has 1 aromatic heterocycles. The predicted octanol–water partition coefficient (Wildman–Crippen LogP) is 3.06. The Morgan fingerprint density at radius 3 is 2.89 bits per heavy atom. The second-order valence-corrected chi connectivity index (χ2v) is 5.98. The van der Waals surface area contributed by atoms with Crippen molar-refractivity contribution in [2.75, 3.05) is 18.0 Å². The molecule has 1 saturated heterocycles. The zero-order valence-electron chi connectivity index (χ0n) is 12.7. The number of aromatic nitrogens is 1. The fourth-order valence-electron chi connectivity index (χ4n) is 3.08. The first-order valence-electron chi connectivity index (χ1n) is 7.54. The average Bonchev–Trinajstić information content (AvgIpc) is 2.41. The van der Waals surface area contributed by atoms with E-state index >= 15 is 0 Å². The van der Waals surface area contributed by atoms with E-state index in [-0.39, 0.29) is 0 Å². The standard InChI is InChI=1S/C16H27N3/c1-5-17-10-15-7-6-8-18-16(15)19-11-12(2)9-13(3)14(19)4/h6-8,12-14,17H,5,9-11H2,1-4H3. The molecule has 0 aromatic carbocycles. The first kappa shape index (κ1) is 14.3. The Morgan fingerprint density at radius 2 is 2.16 bits per heavy atom. The van der Waals surface area contributed by atoms with Crippen molar-refractivity contribution in [2.24, 2.45) is 11.8 Å². The zero-order chi connectivity index (χ0) is 13.8. The molecule has 0 aliphatic carbocycles. The lowest BCUT2D eigenvalue weighted by molar-refractivity contribution is 0.295. The molecule has 0 spiro atoms. The Hall–Kier alpha value is -1.09. The molecule has 3 heteroatoms. The van der Waals surface area contributed by atoms with Gasteiger partial charge in [-0.25, -0.2) is 4.98 Å². The first-order chi connectivity index (χ1) is 9.13. The van der Waals surface area contributed by atoms with Crippen LogP contribution in [-0.4, -0.2) is 24.1 Å². The highest BCUT2D eigenvalue weighted by Gasteiger charge is 2.30. The molecule has 1 aromatic rings. The average molecular weight is 261 g/mol. The summed E-state index contributed by atoms with van der Waals surface area (Å²) in [5, 5.41) is 3.41. The van der Waals surface area contributed by atoms with Crippen molar-refractivity contribution in [3.63, 3.8) is 0 Å². The molecule has 0 amide bonds. The molecular formula is C16H27N3. The van der Waals surface area contributed by atoms with Gasteiger partial charge in [-0.1, -0.05) is 26.8 Å². The molecule has 3 atom stereocenters. The van der Waals surface area contributed by atoms with Crippen molar-refractivity contribution in [1.29, 1.82) is 0 Å². The van der Waals surface area contributed by atoms with Crippen molar-refractivity contribution < 1.29 is 0 Å². The van der Waals surface area contributed by atoms with Crippen LogP contribution in [0.4, 0.5) is 5.82 Å². The van der Waals surface area contributed by atoms with Gasteiger partial charge >= 0.3 is 0 Å². The van der Waals surface area contributed by atoms with E-state index in [1.165, 1.54) is 17.8 Å². The van der Waals surface area contributed by atoms with Gasteiger partial charge in [0.25, 0.3) is 0 Å². The molecular weight excluding hydrogens is 234 g/mol. The zero-order valence-corrected chi connectivity index (χ0v) is 12.7. The molecule has 1 aliphatic rings. The van der Waals surface area contributed by atoms with Crippen LogP contribution in [0.2, 0.25) is 0 Å². The maximum absolute atomic E-state index is 4.66. The van der Waals surface area contributed by atoms with Crippen molar-refractivity contribution in [3.8, 4) is 0 Å². The van der Waals surface area contributed by atoms with Crippen LogP contribution in [0.3, 0.4) is 0 Å². The molecule has 19 heavy (non-hydrogen) atoms. The van der Waals surface area contributed by atoms with Crippen molar-refractivity contribution in [3.05, 3.63) is 23.9 Å². The quantitative estimate of drug-likeness (QED) is 0.903. The third-order valence-corrected chi connectivity index (χ3v) is 4.30. The Bertz CT molecular complexity index is 405. The fourth-order valence-corrected chi connectivity index (χ4v) is 3.08. The topological polar surface area (TPSA) is 28.2 Å². The number of pyridine rings is 1. The second kappa shape index (κ2) is 6.38. The number of anilines is 1. The number of nitrogens with zero attached hydrogens (tertiary/aromatic N) is 2. The van der Waals surface area contributed by atoms with Crippen LogP contribution in [0.5, 0.6) is 0 Å². The largest absolute Gasteiger partial charge is 0.353 e. The summed E-state index contributed by atoms with van der Waals surface area (Å²) in [6, 6.07) is 4.81. The van der Waals surface area contributed by atoms with Gasteiger partial charge in [-0.15, -0.1) is 0 Å². The van der Waals surface area contributed by atoms with Gasteiger partial charge in [0.05, 0.1) is 0 Å². The van der Waals surface area contributed by atoms with Crippen molar-refractivity contribution in [2.45, 2.75) is 46.7 Å². The number of hydrogen-bond acceptors (Lipinski definition) is 3. The highest BCUT2D eigenvalue weighted by Crippen LogP contribution is 2.31. The van der Waals surface area contributed by atoms with Crippen LogP contribution < -0.4 is 10.2 Å². The minimum atomic E-state index is 0.575. The summed E-state index contributed by atoms with van der Waals surface area (Å²) in [5.74, 6) is 2.66. The van der Waals surface area contributed by atoms with Gasteiger partial charge in [-0.05, 0) is 37.8 Å². The highest BCUT2D eigenvalue weighted by molar-refractivity contribution is 5.48. The van der Waals surface area contributed by atoms with Crippen molar-refractivity contribution >= 4 is 5.82 Å². The van der Waals surface area contributed by atoms with Gasteiger partial charge in [-0.3, -0.25) is 0 Å². The van der Waals surface area contributed by atoms with Crippen LogP contribution in [0, 0.1) is 11.8 Å². The Labute approximate surface area is 117 Å². The molecule has 1 aliphatic heterocycles. The maximum Gasteiger partial charge on any atom is 0.133 e. The third kappa shape index (κ3) is 3.27. The lowest BCUT2D eigenvalue weighted by Crippen LogP contribution is -2.46. The Morgan fingerprint density at radius 1 is 1.37 bits per heavy atom. The van der Waals surface area contributed by atoms with E-state index in [0.717, 1.165) is 31.5 Å². The summed E-state index contributed by atoms with van der Waals surface area (Å²) >= 11 is 0. The van der Waals surface area contributed by atoms with Crippen LogP contribution >= 0.6 is 0 Å². The summed E-state index contributed by atoms with van der Waals surface area (Å²) in [6.45, 7) is 12.2. The minimum Gasteiger partial charge on any atom is -0.353 e. The molecule has 2 heterocycles. The summed E-state index contributed by atoms with van der Waals surface area (Å²) < 4.78 is 0. The van der Waals surface area contributed by atoms with E-state index in [1.807, 2.05) is 12.3 Å². The van der Waals surface area contributed by atoms with Crippen LogP contribution in [0.25, 0.3) is 0 Å². The highest BCUT2D eigenvalue weighted by atomic mass is 15.2. The molecule has 1 fully saturated rings. The molecule has 1 N–H and O–H groups in total. The SMILES string of the molecule is CCNCc1cccnc1N1CC(C)CC(C)C1C. The first-order valence-corrected chi connectivity index (χ1v) is 7.54. The Balaban J connectivity index is 2.24. The number of hydrogen-bond donors (Lipinski definition) is 1. The van der Waals surface area contributed by atoms with E-state index in [9.17, 15) is 0 Å². The molecule has 3 nitrogen and oxygen atoms in total. The third-order valence-electron chi connectivity index (χ3n) is 4.30. The van der Waals surface area contributed by atoms with E-state index in [1.54, 1.807) is 0 Å². The van der Waals surface area contributed by atoms with Crippen LogP contribution in [0.15, 0.2) is 18.3 Å². The monoisotopic (exact) mass is 261 g/mol. The molecule has 0 radical (unpaired) electrons. The predicted molar refractivity (Wildman–Crippen MR) is 81.4 cm³/mol. The van der Waals surface area contributed by atoms with Gasteiger partial charge in [-0.2, -0.15) is 0 Å². The van der Waals surface area contributed by atoms with Gasteiger partial charge in [0.2, 0.25) is 0 Å². The van der Waals surface area contributed by atoms with E-state index < -0.39 is 0 Å². The lowest BCUT2D eigenvalue weighted by atomic mass is 9.86. The van der Waals surface area contributed by atoms with Gasteiger partial charge < -0.3 is 10.2 Å². The lowest BCUT2D eigenvalue weighted by Gasteiger charge is -2.42. The Kier molecular flexibility index (Phi) is 4.81. The van der Waals surface area contributed by atoms with Crippen LogP contribution in [-0.2, 0) is 6.54 Å². The van der Waals surface area contributed by atoms with E-state index in [4.69, 9.17) is 0 Å². The summed E-state index contributed by atoms with van der Waals surface area (Å²) in [5.41, 5.74) is 1.32. The van der Waals surface area contributed by atoms with Gasteiger partial charge in [0.1, 0.15) is 5.82 Å². The van der Waals surface area contributed by atoms with Crippen molar-refractivity contribution in [1.82, 2.24) is 10.3 Å². The number of rotatable bonds is 4. The molecule has 2 rings (SSSR count). The second-order valence-electron chi connectivity index (χ2n) is 5.98. The van der Waals surface area contributed by atoms with Gasteiger partial charge in [0, 0.05) is 30.9 Å². The minimum absolute atomic E-state index is 0.575. The normalized spacial score (nSPS) is 27.6. The molecule has 3 unspecified atom stereocenters.